The van der Waals surface area contributed by atoms with Gasteiger partial charge in [-0.3, -0.25) is 9.59 Å². The lowest BCUT2D eigenvalue weighted by Gasteiger charge is -2.17. The van der Waals surface area contributed by atoms with Crippen LogP contribution in [0.3, 0.4) is 0 Å². The first-order chi connectivity index (χ1) is 17.4. The number of nitrogens with two attached hydrogens (primary N) is 1. The van der Waals surface area contributed by atoms with Crippen molar-refractivity contribution in [2.75, 3.05) is 0 Å². The smallest absolute Gasteiger partial charge is 0.235 e. The molecule has 0 aliphatic heterocycles. The Morgan fingerprint density at radius 3 is 2.17 bits per heavy atom. The highest BCUT2D eigenvalue weighted by molar-refractivity contribution is 8.00. The molecule has 0 spiro atoms. The third-order valence-electron chi connectivity index (χ3n) is 5.34. The fourth-order valence-electron chi connectivity index (χ4n) is 3.52. The van der Waals surface area contributed by atoms with Crippen LogP contribution in [-0.4, -0.2) is 16.8 Å². The van der Waals surface area contributed by atoms with Crippen LogP contribution < -0.4 is 11.1 Å². The molecular weight excluding hydrogens is 490 g/mol. The van der Waals surface area contributed by atoms with Crippen LogP contribution in [0, 0.1) is 22.7 Å². The maximum absolute atomic E-state index is 12.3. The number of benzene rings is 2. The van der Waals surface area contributed by atoms with Crippen molar-refractivity contribution in [3.63, 3.8) is 0 Å². The number of pyridine rings is 1. The number of aromatic nitrogens is 1. The summed E-state index contributed by atoms with van der Waals surface area (Å²) in [4.78, 5) is 28.1. The summed E-state index contributed by atoms with van der Waals surface area (Å²) in [5.74, 6) is -0.0659. The second-order valence-corrected chi connectivity index (χ2v) is 9.91. The molecule has 1 heterocycles. The number of amides is 2. The van der Waals surface area contributed by atoms with Crippen molar-refractivity contribution in [3.8, 4) is 12.1 Å². The van der Waals surface area contributed by atoms with Crippen molar-refractivity contribution < 1.29 is 9.59 Å². The molecule has 182 valence electrons. The molecule has 36 heavy (non-hydrogen) atoms. The number of nitrogens with zero attached hydrogens (tertiary/aromatic N) is 3. The summed E-state index contributed by atoms with van der Waals surface area (Å²) in [5.41, 5.74) is 9.72. The lowest BCUT2D eigenvalue weighted by atomic mass is 10.0. The summed E-state index contributed by atoms with van der Waals surface area (Å²) in [6, 6.07) is 21.3. The number of rotatable bonds is 10. The van der Waals surface area contributed by atoms with E-state index in [0.717, 1.165) is 28.5 Å². The minimum absolute atomic E-state index is 0.0863. The van der Waals surface area contributed by atoms with E-state index in [-0.39, 0.29) is 5.91 Å². The number of nitrogens with one attached hydrogen (secondary N) is 1. The molecule has 0 aliphatic carbocycles. The first kappa shape index (κ1) is 26.8. The summed E-state index contributed by atoms with van der Waals surface area (Å²) >= 11 is 2.53. The number of hydrogen-bond acceptors (Lipinski definition) is 7. The van der Waals surface area contributed by atoms with Gasteiger partial charge in [0.1, 0.15) is 27.4 Å². The van der Waals surface area contributed by atoms with E-state index in [0.29, 0.717) is 45.5 Å². The quantitative estimate of drug-likeness (QED) is 0.376. The Bertz CT molecular complexity index is 1330. The molecule has 7 nitrogen and oxygen atoms in total. The van der Waals surface area contributed by atoms with E-state index < -0.39 is 11.2 Å². The molecule has 0 radical (unpaired) electrons. The third kappa shape index (κ3) is 6.66. The van der Waals surface area contributed by atoms with Crippen molar-refractivity contribution in [2.24, 2.45) is 5.73 Å². The average Bonchev–Trinajstić information content (AvgIpc) is 2.89. The highest BCUT2D eigenvalue weighted by Gasteiger charge is 2.25. The SMILES string of the molecule is CCc1c(C#N)c(SCc2ccc(CNC(C)=O)cc2)nc(SC(C(N)=O)c2ccccc2)c1C#N. The first-order valence-corrected chi connectivity index (χ1v) is 13.1. The van der Waals surface area contributed by atoms with Crippen LogP contribution in [0.25, 0.3) is 0 Å². The lowest BCUT2D eigenvalue weighted by molar-refractivity contribution is -0.119. The normalized spacial score (nSPS) is 11.2. The molecule has 1 atom stereocenters. The van der Waals surface area contributed by atoms with Gasteiger partial charge >= 0.3 is 0 Å². The van der Waals surface area contributed by atoms with Gasteiger partial charge in [0.15, 0.2) is 0 Å². The molecule has 1 aromatic heterocycles. The monoisotopic (exact) mass is 515 g/mol. The Morgan fingerprint density at radius 2 is 1.61 bits per heavy atom. The zero-order valence-corrected chi connectivity index (χ0v) is 21.6. The predicted molar refractivity (Wildman–Crippen MR) is 141 cm³/mol. The number of carbonyl (C=O) groups is 2. The van der Waals surface area contributed by atoms with Crippen molar-refractivity contribution >= 4 is 35.3 Å². The van der Waals surface area contributed by atoms with Gasteiger partial charge in [-0.1, -0.05) is 73.3 Å². The number of thioether (sulfide) groups is 2. The molecule has 2 aromatic carbocycles. The van der Waals surface area contributed by atoms with Crippen LogP contribution in [0.2, 0.25) is 0 Å². The average molecular weight is 516 g/mol. The predicted octanol–water partition coefficient (Wildman–Crippen LogP) is 4.63. The van der Waals surface area contributed by atoms with Gasteiger partial charge in [-0.05, 0) is 28.7 Å². The topological polar surface area (TPSA) is 133 Å². The molecule has 9 heteroatoms. The fourth-order valence-corrected chi connectivity index (χ4v) is 5.61. The second-order valence-electron chi connectivity index (χ2n) is 7.85. The Labute approximate surface area is 219 Å². The largest absolute Gasteiger partial charge is 0.368 e. The number of hydrogen-bond donors (Lipinski definition) is 2. The second kappa shape index (κ2) is 12.8. The Balaban J connectivity index is 1.92. The highest BCUT2D eigenvalue weighted by Crippen LogP contribution is 2.40. The summed E-state index contributed by atoms with van der Waals surface area (Å²) in [6.45, 7) is 3.82. The molecule has 0 aliphatic rings. The molecule has 3 N–H and O–H groups in total. The van der Waals surface area contributed by atoms with E-state index in [1.807, 2.05) is 61.5 Å². The maximum Gasteiger partial charge on any atom is 0.235 e. The van der Waals surface area contributed by atoms with Crippen molar-refractivity contribution in [1.82, 2.24) is 10.3 Å². The van der Waals surface area contributed by atoms with Crippen LogP contribution in [0.5, 0.6) is 0 Å². The Kier molecular flexibility index (Phi) is 9.52. The van der Waals surface area contributed by atoms with E-state index in [4.69, 9.17) is 5.73 Å². The molecule has 2 amide bonds. The van der Waals surface area contributed by atoms with Gasteiger partial charge in [0, 0.05) is 19.2 Å². The number of primary amides is 1. The van der Waals surface area contributed by atoms with Crippen LogP contribution >= 0.6 is 23.5 Å². The molecule has 3 aromatic rings. The zero-order valence-electron chi connectivity index (χ0n) is 19.9. The fraction of sp³-hybridized carbons (Fsp3) is 0.222. The molecule has 0 saturated carbocycles. The summed E-state index contributed by atoms with van der Waals surface area (Å²) in [6.07, 6.45) is 0.472. The van der Waals surface area contributed by atoms with E-state index in [2.05, 4.69) is 22.4 Å². The minimum atomic E-state index is -0.725. The van der Waals surface area contributed by atoms with E-state index in [1.165, 1.54) is 18.7 Å². The van der Waals surface area contributed by atoms with Gasteiger partial charge in [0.2, 0.25) is 11.8 Å². The molecule has 0 bridgehead atoms. The molecule has 1 unspecified atom stereocenters. The van der Waals surface area contributed by atoms with Gasteiger partial charge in [-0.25, -0.2) is 4.98 Å². The van der Waals surface area contributed by atoms with E-state index >= 15 is 0 Å². The molecule has 0 saturated heterocycles. The van der Waals surface area contributed by atoms with Gasteiger partial charge in [0.25, 0.3) is 0 Å². The van der Waals surface area contributed by atoms with Crippen molar-refractivity contribution in [3.05, 3.63) is 88.0 Å². The van der Waals surface area contributed by atoms with E-state index in [1.54, 1.807) is 0 Å². The first-order valence-electron chi connectivity index (χ1n) is 11.2. The molecular formula is C27H25N5O2S2. The zero-order chi connectivity index (χ0) is 26.1. The highest BCUT2D eigenvalue weighted by atomic mass is 32.2. The van der Waals surface area contributed by atoms with Gasteiger partial charge in [-0.15, -0.1) is 11.8 Å². The van der Waals surface area contributed by atoms with Crippen LogP contribution in [0.15, 0.2) is 64.6 Å². The number of carbonyl (C=O) groups excluding carboxylic acids is 2. The van der Waals surface area contributed by atoms with E-state index in [9.17, 15) is 20.1 Å². The third-order valence-corrected chi connectivity index (χ3v) is 7.65. The molecule has 3 rings (SSSR count). The standard InChI is InChI=1S/C27H25N5O2S2/c1-3-21-22(13-28)26(35-16-19-11-9-18(10-12-19)15-31-17(2)33)32-27(23(21)14-29)36-24(25(30)34)20-7-5-4-6-8-20/h4-12,24H,3,15-16H2,1-2H3,(H2,30,34)(H,31,33). The van der Waals surface area contributed by atoms with Gasteiger partial charge < -0.3 is 11.1 Å². The Hall–Kier alpha value is -3.79. The van der Waals surface area contributed by atoms with Crippen molar-refractivity contribution in [2.45, 2.75) is 47.9 Å². The summed E-state index contributed by atoms with van der Waals surface area (Å²) < 4.78 is 0. The van der Waals surface area contributed by atoms with Crippen molar-refractivity contribution in [1.29, 1.82) is 10.5 Å². The Morgan fingerprint density at radius 1 is 1.00 bits per heavy atom. The summed E-state index contributed by atoms with van der Waals surface area (Å²) in [5, 5.41) is 22.7. The minimum Gasteiger partial charge on any atom is -0.368 e. The number of nitriles is 2. The summed E-state index contributed by atoms with van der Waals surface area (Å²) in [7, 11) is 0. The van der Waals surface area contributed by atoms with Gasteiger partial charge in [0.05, 0.1) is 11.1 Å². The molecule has 0 fully saturated rings. The van der Waals surface area contributed by atoms with Gasteiger partial charge in [-0.2, -0.15) is 10.5 Å². The van der Waals surface area contributed by atoms with Crippen LogP contribution in [0.1, 0.15) is 52.5 Å². The lowest BCUT2D eigenvalue weighted by Crippen LogP contribution is -2.19. The van der Waals surface area contributed by atoms with Crippen LogP contribution in [-0.2, 0) is 28.3 Å². The van der Waals surface area contributed by atoms with Crippen LogP contribution in [0.4, 0.5) is 0 Å². The maximum atomic E-state index is 12.3.